The van der Waals surface area contributed by atoms with Crippen LogP contribution in [0.2, 0.25) is 0 Å². The zero-order valence-corrected chi connectivity index (χ0v) is 15.5. The number of rotatable bonds is 4. The molecule has 1 heterocycles. The van der Waals surface area contributed by atoms with E-state index in [0.29, 0.717) is 23.7 Å². The minimum atomic E-state index is -0.197. The summed E-state index contributed by atoms with van der Waals surface area (Å²) in [5, 5.41) is 0. The zero-order valence-electron chi connectivity index (χ0n) is 15.5. The number of amides is 1. The van der Waals surface area contributed by atoms with Gasteiger partial charge in [0, 0.05) is 11.8 Å². The van der Waals surface area contributed by atoms with E-state index >= 15 is 0 Å². The normalized spacial score (nSPS) is 14.5. The SMILES string of the molecule is COc1ccc(/C=C2/Oc3cc(N)ccc3N(Cc3ccccc3)C2=O)cc1. The minimum Gasteiger partial charge on any atom is -0.497 e. The molecule has 0 aliphatic carbocycles. The van der Waals surface area contributed by atoms with Gasteiger partial charge in [0.15, 0.2) is 11.5 Å². The number of carbonyl (C=O) groups is 1. The molecule has 5 heteroatoms. The highest BCUT2D eigenvalue weighted by Gasteiger charge is 2.30. The van der Waals surface area contributed by atoms with E-state index in [2.05, 4.69) is 0 Å². The molecule has 0 radical (unpaired) electrons. The number of hydrogen-bond donors (Lipinski definition) is 1. The quantitative estimate of drug-likeness (QED) is 0.549. The van der Waals surface area contributed by atoms with Gasteiger partial charge in [-0.15, -0.1) is 0 Å². The molecule has 1 amide bonds. The number of fused-ring (bicyclic) bond motifs is 1. The molecule has 0 bridgehead atoms. The molecule has 5 nitrogen and oxygen atoms in total. The number of anilines is 2. The number of benzene rings is 3. The smallest absolute Gasteiger partial charge is 0.294 e. The second-order valence-electron chi connectivity index (χ2n) is 6.49. The molecule has 0 atom stereocenters. The highest BCUT2D eigenvalue weighted by atomic mass is 16.5. The van der Waals surface area contributed by atoms with Crippen LogP contribution in [0.5, 0.6) is 11.5 Å². The molecular formula is C23H20N2O3. The summed E-state index contributed by atoms with van der Waals surface area (Å²) >= 11 is 0. The van der Waals surface area contributed by atoms with Gasteiger partial charge >= 0.3 is 0 Å². The minimum absolute atomic E-state index is 0.197. The van der Waals surface area contributed by atoms with Crippen LogP contribution in [0.3, 0.4) is 0 Å². The van der Waals surface area contributed by atoms with E-state index < -0.39 is 0 Å². The van der Waals surface area contributed by atoms with Crippen LogP contribution >= 0.6 is 0 Å². The molecule has 1 aliphatic heterocycles. The molecular weight excluding hydrogens is 352 g/mol. The highest BCUT2D eigenvalue weighted by Crippen LogP contribution is 2.38. The van der Waals surface area contributed by atoms with E-state index in [0.717, 1.165) is 16.9 Å². The summed E-state index contributed by atoms with van der Waals surface area (Å²) in [6, 6.07) is 22.6. The third-order valence-electron chi connectivity index (χ3n) is 4.55. The Morgan fingerprint density at radius 1 is 1.04 bits per heavy atom. The summed E-state index contributed by atoms with van der Waals surface area (Å²) in [4.78, 5) is 14.9. The van der Waals surface area contributed by atoms with Crippen molar-refractivity contribution in [3.63, 3.8) is 0 Å². The maximum Gasteiger partial charge on any atom is 0.294 e. The third kappa shape index (κ3) is 3.55. The van der Waals surface area contributed by atoms with Crippen molar-refractivity contribution in [2.75, 3.05) is 17.7 Å². The van der Waals surface area contributed by atoms with Gasteiger partial charge in [-0.3, -0.25) is 9.69 Å². The Balaban J connectivity index is 1.73. The largest absolute Gasteiger partial charge is 0.497 e. The molecule has 0 saturated carbocycles. The van der Waals surface area contributed by atoms with Gasteiger partial charge in [-0.05, 0) is 41.5 Å². The van der Waals surface area contributed by atoms with Gasteiger partial charge in [0.2, 0.25) is 0 Å². The second-order valence-corrected chi connectivity index (χ2v) is 6.49. The Labute approximate surface area is 163 Å². The summed E-state index contributed by atoms with van der Waals surface area (Å²) in [5.41, 5.74) is 9.09. The van der Waals surface area contributed by atoms with Crippen LogP contribution in [0.4, 0.5) is 11.4 Å². The fourth-order valence-corrected chi connectivity index (χ4v) is 3.11. The van der Waals surface area contributed by atoms with E-state index in [4.69, 9.17) is 15.2 Å². The summed E-state index contributed by atoms with van der Waals surface area (Å²) in [6.07, 6.45) is 1.73. The maximum atomic E-state index is 13.2. The average molecular weight is 372 g/mol. The monoisotopic (exact) mass is 372 g/mol. The summed E-state index contributed by atoms with van der Waals surface area (Å²) < 4.78 is 11.1. The lowest BCUT2D eigenvalue weighted by molar-refractivity contribution is -0.117. The number of carbonyl (C=O) groups excluding carboxylic acids is 1. The molecule has 0 saturated heterocycles. The first kappa shape index (κ1) is 17.7. The number of nitrogens with zero attached hydrogens (tertiary/aromatic N) is 1. The van der Waals surface area contributed by atoms with Crippen molar-refractivity contribution in [3.05, 3.63) is 89.7 Å². The first-order valence-electron chi connectivity index (χ1n) is 8.93. The molecule has 3 aromatic rings. The lowest BCUT2D eigenvalue weighted by atomic mass is 10.1. The van der Waals surface area contributed by atoms with Crippen LogP contribution in [0.15, 0.2) is 78.6 Å². The molecule has 1 aliphatic rings. The summed E-state index contributed by atoms with van der Waals surface area (Å²) in [5.74, 6) is 1.37. The average Bonchev–Trinajstić information content (AvgIpc) is 2.72. The second kappa shape index (κ2) is 7.48. The Kier molecular flexibility index (Phi) is 4.72. The van der Waals surface area contributed by atoms with Crippen LogP contribution in [-0.4, -0.2) is 13.0 Å². The van der Waals surface area contributed by atoms with Gasteiger partial charge in [-0.2, -0.15) is 0 Å². The van der Waals surface area contributed by atoms with Crippen molar-refractivity contribution in [2.45, 2.75) is 6.54 Å². The fraction of sp³-hybridized carbons (Fsp3) is 0.0870. The van der Waals surface area contributed by atoms with Crippen LogP contribution in [-0.2, 0) is 11.3 Å². The molecule has 28 heavy (non-hydrogen) atoms. The van der Waals surface area contributed by atoms with Gasteiger partial charge in [0.1, 0.15) is 5.75 Å². The van der Waals surface area contributed by atoms with Crippen molar-refractivity contribution in [2.24, 2.45) is 0 Å². The fourth-order valence-electron chi connectivity index (χ4n) is 3.11. The number of nitrogen functional groups attached to an aromatic ring is 1. The van der Waals surface area contributed by atoms with Crippen molar-refractivity contribution in [1.82, 2.24) is 0 Å². The number of methoxy groups -OCH3 is 1. The van der Waals surface area contributed by atoms with Crippen molar-refractivity contribution < 1.29 is 14.3 Å². The predicted octanol–water partition coefficient (Wildman–Crippen LogP) is 4.24. The van der Waals surface area contributed by atoms with Crippen LogP contribution < -0.4 is 20.1 Å². The van der Waals surface area contributed by atoms with Gasteiger partial charge in [0.05, 0.1) is 19.3 Å². The summed E-state index contributed by atoms with van der Waals surface area (Å²) in [6.45, 7) is 0.444. The molecule has 4 rings (SSSR count). The summed E-state index contributed by atoms with van der Waals surface area (Å²) in [7, 11) is 1.62. The molecule has 0 fully saturated rings. The van der Waals surface area contributed by atoms with Gasteiger partial charge in [0.25, 0.3) is 5.91 Å². The molecule has 0 unspecified atom stereocenters. The first-order valence-corrected chi connectivity index (χ1v) is 8.93. The molecule has 0 spiro atoms. The van der Waals surface area contributed by atoms with Gasteiger partial charge in [-0.1, -0.05) is 42.5 Å². The zero-order chi connectivity index (χ0) is 19.5. The van der Waals surface area contributed by atoms with Gasteiger partial charge < -0.3 is 15.2 Å². The standard InChI is InChI=1S/C23H20N2O3/c1-27-19-10-7-16(8-11-19)13-22-23(26)25(15-17-5-3-2-4-6-17)20-12-9-18(24)14-21(20)28-22/h2-14H,15,24H2,1H3/b22-13+. The van der Waals surface area contributed by atoms with Crippen LogP contribution in [0.25, 0.3) is 6.08 Å². The van der Waals surface area contributed by atoms with Gasteiger partial charge in [-0.25, -0.2) is 0 Å². The highest BCUT2D eigenvalue weighted by molar-refractivity contribution is 6.09. The van der Waals surface area contributed by atoms with E-state index in [9.17, 15) is 4.79 Å². The topological polar surface area (TPSA) is 64.8 Å². The Morgan fingerprint density at radius 2 is 1.79 bits per heavy atom. The number of ether oxygens (including phenoxy) is 2. The predicted molar refractivity (Wildman–Crippen MR) is 110 cm³/mol. The van der Waals surface area contributed by atoms with E-state index in [1.807, 2.05) is 60.7 Å². The molecule has 2 N–H and O–H groups in total. The first-order chi connectivity index (χ1) is 13.6. The molecule has 0 aromatic heterocycles. The maximum absolute atomic E-state index is 13.2. The Bertz CT molecular complexity index is 1030. The Morgan fingerprint density at radius 3 is 2.50 bits per heavy atom. The van der Waals surface area contributed by atoms with Crippen LogP contribution in [0.1, 0.15) is 11.1 Å². The van der Waals surface area contributed by atoms with Crippen molar-refractivity contribution in [3.8, 4) is 11.5 Å². The van der Waals surface area contributed by atoms with E-state index in [1.165, 1.54) is 0 Å². The molecule has 140 valence electrons. The Hall–Kier alpha value is -3.73. The third-order valence-corrected chi connectivity index (χ3v) is 4.55. The lowest BCUT2D eigenvalue weighted by Gasteiger charge is -2.31. The van der Waals surface area contributed by atoms with Crippen molar-refractivity contribution in [1.29, 1.82) is 0 Å². The number of nitrogens with two attached hydrogens (primary N) is 1. The van der Waals surface area contributed by atoms with Crippen molar-refractivity contribution >= 4 is 23.4 Å². The van der Waals surface area contributed by atoms with Crippen LogP contribution in [0, 0.1) is 0 Å². The molecule has 3 aromatic carbocycles. The van der Waals surface area contributed by atoms with E-state index in [-0.39, 0.29) is 11.7 Å². The number of hydrogen-bond acceptors (Lipinski definition) is 4. The van der Waals surface area contributed by atoms with E-state index in [1.54, 1.807) is 30.2 Å². The lowest BCUT2D eigenvalue weighted by Crippen LogP contribution is -2.36.